The van der Waals surface area contributed by atoms with Crippen molar-refractivity contribution in [2.75, 3.05) is 20.8 Å². The Hall–Kier alpha value is -1.26. The summed E-state index contributed by atoms with van der Waals surface area (Å²) in [6, 6.07) is 5.52. The molecule has 0 fully saturated rings. The average Bonchev–Trinajstić information content (AvgIpc) is 2.28. The molecule has 1 aromatic rings. The number of benzene rings is 1. The molecule has 2 atom stereocenters. The molecule has 0 aromatic heterocycles. The highest BCUT2D eigenvalue weighted by Gasteiger charge is 2.16. The maximum absolute atomic E-state index is 5.95. The topological polar surface area (TPSA) is 53.7 Å². The van der Waals surface area contributed by atoms with E-state index in [4.69, 9.17) is 19.9 Å². The van der Waals surface area contributed by atoms with Crippen molar-refractivity contribution in [3.63, 3.8) is 0 Å². The van der Waals surface area contributed by atoms with Gasteiger partial charge in [-0.25, -0.2) is 0 Å². The van der Waals surface area contributed by atoms with E-state index in [2.05, 4.69) is 0 Å². The van der Waals surface area contributed by atoms with Crippen LogP contribution in [0.4, 0.5) is 0 Å². The van der Waals surface area contributed by atoms with Gasteiger partial charge >= 0.3 is 0 Å². The molecule has 4 heteroatoms. The third kappa shape index (κ3) is 3.61. The van der Waals surface area contributed by atoms with Crippen molar-refractivity contribution in [2.24, 2.45) is 5.73 Å². The lowest BCUT2D eigenvalue weighted by Crippen LogP contribution is -2.20. The van der Waals surface area contributed by atoms with Gasteiger partial charge < -0.3 is 19.9 Å². The van der Waals surface area contributed by atoms with Crippen LogP contribution < -0.4 is 15.2 Å². The van der Waals surface area contributed by atoms with Crippen molar-refractivity contribution in [1.29, 1.82) is 0 Å². The first-order valence-electron chi connectivity index (χ1n) is 5.68. The molecule has 4 nitrogen and oxygen atoms in total. The lowest BCUT2D eigenvalue weighted by Gasteiger charge is -2.20. The van der Waals surface area contributed by atoms with Crippen LogP contribution in [0.2, 0.25) is 0 Å². The van der Waals surface area contributed by atoms with Crippen LogP contribution in [-0.4, -0.2) is 26.9 Å². The van der Waals surface area contributed by atoms with Gasteiger partial charge in [-0.15, -0.1) is 0 Å². The monoisotopic (exact) mass is 239 g/mol. The maximum atomic E-state index is 5.95. The van der Waals surface area contributed by atoms with Gasteiger partial charge in [0.05, 0.1) is 19.3 Å². The Morgan fingerprint density at radius 3 is 2.35 bits per heavy atom. The zero-order chi connectivity index (χ0) is 12.8. The summed E-state index contributed by atoms with van der Waals surface area (Å²) in [5.41, 5.74) is 6.84. The molecule has 1 aromatic carbocycles. The lowest BCUT2D eigenvalue weighted by atomic mass is 10.1. The highest BCUT2D eigenvalue weighted by atomic mass is 16.5. The number of ether oxygens (including phenoxy) is 3. The second-order valence-electron chi connectivity index (χ2n) is 4.04. The number of nitrogens with two attached hydrogens (primary N) is 1. The van der Waals surface area contributed by atoms with E-state index < -0.39 is 0 Å². The van der Waals surface area contributed by atoms with Crippen molar-refractivity contribution < 1.29 is 14.2 Å². The van der Waals surface area contributed by atoms with Gasteiger partial charge in [-0.3, -0.25) is 0 Å². The minimum Gasteiger partial charge on any atom is -0.496 e. The normalized spacial score (nSPS) is 14.2. The Kier molecular flexibility index (Phi) is 5.25. The second-order valence-corrected chi connectivity index (χ2v) is 4.04. The van der Waals surface area contributed by atoms with Crippen LogP contribution in [0.3, 0.4) is 0 Å². The summed E-state index contributed by atoms with van der Waals surface area (Å²) in [4.78, 5) is 0. The molecule has 0 aliphatic heterocycles. The fourth-order valence-corrected chi connectivity index (χ4v) is 1.74. The van der Waals surface area contributed by atoms with E-state index in [0.29, 0.717) is 6.61 Å². The van der Waals surface area contributed by atoms with Crippen molar-refractivity contribution in [2.45, 2.75) is 26.0 Å². The molecule has 0 saturated heterocycles. The van der Waals surface area contributed by atoms with Gasteiger partial charge in [-0.05, 0) is 26.0 Å². The molecule has 1 unspecified atom stereocenters. The zero-order valence-electron chi connectivity index (χ0n) is 10.9. The third-order valence-corrected chi connectivity index (χ3v) is 2.43. The van der Waals surface area contributed by atoms with Crippen molar-refractivity contribution in [1.82, 2.24) is 0 Å². The molecule has 96 valence electrons. The molecular weight excluding hydrogens is 218 g/mol. The van der Waals surface area contributed by atoms with Crippen LogP contribution >= 0.6 is 0 Å². The Labute approximate surface area is 103 Å². The van der Waals surface area contributed by atoms with E-state index in [9.17, 15) is 0 Å². The molecule has 0 aliphatic carbocycles. The highest BCUT2D eigenvalue weighted by molar-refractivity contribution is 5.46. The first-order chi connectivity index (χ1) is 8.10. The minimum atomic E-state index is -0.143. The number of methoxy groups -OCH3 is 2. The lowest BCUT2D eigenvalue weighted by molar-refractivity contribution is 0.0910. The van der Waals surface area contributed by atoms with Gasteiger partial charge in [0.15, 0.2) is 0 Å². The summed E-state index contributed by atoms with van der Waals surface area (Å²) in [5, 5.41) is 0. The highest BCUT2D eigenvalue weighted by Crippen LogP contribution is 2.33. The van der Waals surface area contributed by atoms with E-state index in [1.54, 1.807) is 14.2 Å². The predicted molar refractivity (Wildman–Crippen MR) is 67.6 cm³/mol. The summed E-state index contributed by atoms with van der Waals surface area (Å²) < 4.78 is 16.1. The molecule has 2 N–H and O–H groups in total. The van der Waals surface area contributed by atoms with Crippen LogP contribution in [0.25, 0.3) is 0 Å². The van der Waals surface area contributed by atoms with E-state index in [0.717, 1.165) is 17.1 Å². The first-order valence-corrected chi connectivity index (χ1v) is 5.68. The van der Waals surface area contributed by atoms with Gasteiger partial charge in [0.2, 0.25) is 0 Å². The molecule has 0 spiro atoms. The summed E-state index contributed by atoms with van der Waals surface area (Å²) in [6.07, 6.45) is -0.0235. The minimum absolute atomic E-state index is 0.0235. The van der Waals surface area contributed by atoms with Gasteiger partial charge in [-0.1, -0.05) is 6.07 Å². The van der Waals surface area contributed by atoms with Gasteiger partial charge in [0.25, 0.3) is 0 Å². The molecular formula is C13H21NO3. The van der Waals surface area contributed by atoms with Crippen LogP contribution in [-0.2, 0) is 4.74 Å². The Bertz CT molecular complexity index is 353. The van der Waals surface area contributed by atoms with Crippen molar-refractivity contribution >= 4 is 0 Å². The Morgan fingerprint density at radius 1 is 1.18 bits per heavy atom. The Balaban J connectivity index is 2.97. The SMILES string of the molecule is COCC(C)Oc1cccc(OC)c1[C@H](C)N. The van der Waals surface area contributed by atoms with Gasteiger partial charge in [0, 0.05) is 13.2 Å². The molecule has 0 heterocycles. The zero-order valence-corrected chi connectivity index (χ0v) is 10.9. The number of hydrogen-bond acceptors (Lipinski definition) is 4. The van der Waals surface area contributed by atoms with E-state index in [1.165, 1.54) is 0 Å². The van der Waals surface area contributed by atoms with Crippen LogP contribution in [0.1, 0.15) is 25.5 Å². The molecule has 1 rings (SSSR count). The summed E-state index contributed by atoms with van der Waals surface area (Å²) >= 11 is 0. The van der Waals surface area contributed by atoms with E-state index in [-0.39, 0.29) is 12.1 Å². The standard InChI is InChI=1S/C13H21NO3/c1-9(8-15-3)17-12-7-5-6-11(16-4)13(12)10(2)14/h5-7,9-10H,8,14H2,1-4H3/t9?,10-/m0/s1. The molecule has 0 aliphatic rings. The number of hydrogen-bond donors (Lipinski definition) is 1. The summed E-state index contributed by atoms with van der Waals surface area (Å²) in [7, 11) is 3.28. The molecule has 0 saturated carbocycles. The fraction of sp³-hybridized carbons (Fsp3) is 0.538. The third-order valence-electron chi connectivity index (χ3n) is 2.43. The largest absolute Gasteiger partial charge is 0.496 e. The molecule has 0 bridgehead atoms. The second kappa shape index (κ2) is 6.47. The van der Waals surface area contributed by atoms with Crippen molar-refractivity contribution in [3.05, 3.63) is 23.8 Å². The molecule has 0 radical (unpaired) electrons. The van der Waals surface area contributed by atoms with E-state index in [1.807, 2.05) is 32.0 Å². The smallest absolute Gasteiger partial charge is 0.128 e. The Morgan fingerprint density at radius 2 is 1.82 bits per heavy atom. The van der Waals surface area contributed by atoms with E-state index >= 15 is 0 Å². The van der Waals surface area contributed by atoms with Gasteiger partial charge in [-0.2, -0.15) is 0 Å². The maximum Gasteiger partial charge on any atom is 0.128 e. The van der Waals surface area contributed by atoms with Crippen LogP contribution in [0.5, 0.6) is 11.5 Å². The number of rotatable bonds is 6. The summed E-state index contributed by atoms with van der Waals surface area (Å²) in [5.74, 6) is 1.51. The molecule has 0 amide bonds. The van der Waals surface area contributed by atoms with Crippen LogP contribution in [0, 0.1) is 0 Å². The summed E-state index contributed by atoms with van der Waals surface area (Å²) in [6.45, 7) is 4.40. The quantitative estimate of drug-likeness (QED) is 0.826. The van der Waals surface area contributed by atoms with Crippen LogP contribution in [0.15, 0.2) is 18.2 Å². The fourth-order valence-electron chi connectivity index (χ4n) is 1.74. The first kappa shape index (κ1) is 13.8. The molecule has 17 heavy (non-hydrogen) atoms. The van der Waals surface area contributed by atoms with Crippen molar-refractivity contribution in [3.8, 4) is 11.5 Å². The van der Waals surface area contributed by atoms with Gasteiger partial charge in [0.1, 0.15) is 17.6 Å². The predicted octanol–water partition coefficient (Wildman–Crippen LogP) is 2.13. The average molecular weight is 239 g/mol.